The van der Waals surface area contributed by atoms with Gasteiger partial charge in [0, 0.05) is 16.9 Å². The Hall–Kier alpha value is -1.21. The first-order valence-electron chi connectivity index (χ1n) is 6.00. The maximum absolute atomic E-state index is 12.4. The molecule has 0 saturated carbocycles. The lowest BCUT2D eigenvalue weighted by atomic mass is 9.88. The molecule has 110 valence electrons. The van der Waals surface area contributed by atoms with Crippen LogP contribution >= 0.6 is 11.8 Å². The van der Waals surface area contributed by atoms with E-state index in [1.54, 1.807) is 6.07 Å². The molecule has 0 atom stereocenters. The first kappa shape index (κ1) is 15.2. The fraction of sp³-hybridized carbons (Fsp3) is 0.462. The number of hydrogen-bond acceptors (Lipinski definition) is 3. The summed E-state index contributed by atoms with van der Waals surface area (Å²) < 4.78 is 42.4. The number of benzene rings is 1. The van der Waals surface area contributed by atoms with Crippen molar-refractivity contribution >= 4 is 17.7 Å². The highest BCUT2D eigenvalue weighted by Crippen LogP contribution is 2.38. The van der Waals surface area contributed by atoms with Gasteiger partial charge in [0.05, 0.1) is 18.8 Å². The summed E-state index contributed by atoms with van der Waals surface area (Å²) in [6.45, 7) is 3.43. The molecule has 1 heterocycles. The molecule has 0 unspecified atom stereocenters. The van der Waals surface area contributed by atoms with Crippen LogP contribution in [0, 0.1) is 5.41 Å². The van der Waals surface area contributed by atoms with Gasteiger partial charge < -0.3 is 10.1 Å². The standard InChI is InChI=1S/C13H14F3NO2S/c1-12(7-19-8-12)6-17-11(18)9-4-2-3-5-10(9)20-13(14,15)16/h2-5H,6-8H2,1H3,(H,17,18). The third-order valence-electron chi connectivity index (χ3n) is 2.93. The first-order valence-corrected chi connectivity index (χ1v) is 6.81. The molecule has 1 aliphatic rings. The molecule has 7 heteroatoms. The molecule has 0 aliphatic carbocycles. The van der Waals surface area contributed by atoms with E-state index in [-0.39, 0.29) is 27.6 Å². The number of hydrogen-bond donors (Lipinski definition) is 1. The van der Waals surface area contributed by atoms with Crippen molar-refractivity contribution < 1.29 is 22.7 Å². The third-order valence-corrected chi connectivity index (χ3v) is 3.74. The summed E-state index contributed by atoms with van der Waals surface area (Å²) in [5, 5.41) is 2.67. The number of thioether (sulfide) groups is 1. The summed E-state index contributed by atoms with van der Waals surface area (Å²) in [5.74, 6) is -0.495. The fourth-order valence-corrected chi connectivity index (χ4v) is 2.48. The van der Waals surface area contributed by atoms with E-state index in [4.69, 9.17) is 4.74 Å². The summed E-state index contributed by atoms with van der Waals surface area (Å²) in [6.07, 6.45) is 0. The molecule has 1 aromatic carbocycles. The van der Waals surface area contributed by atoms with Crippen molar-refractivity contribution in [2.75, 3.05) is 19.8 Å². The Kier molecular flexibility index (Phi) is 4.29. The molecular formula is C13H14F3NO2S. The lowest BCUT2D eigenvalue weighted by Crippen LogP contribution is -2.48. The minimum atomic E-state index is -4.41. The fourth-order valence-electron chi connectivity index (χ4n) is 1.81. The highest BCUT2D eigenvalue weighted by molar-refractivity contribution is 8.00. The number of carbonyl (C=O) groups is 1. The van der Waals surface area contributed by atoms with Crippen molar-refractivity contribution in [1.82, 2.24) is 5.32 Å². The zero-order valence-corrected chi connectivity index (χ0v) is 11.6. The van der Waals surface area contributed by atoms with Crippen LogP contribution in [0.4, 0.5) is 13.2 Å². The third kappa shape index (κ3) is 3.89. The summed E-state index contributed by atoms with van der Waals surface area (Å²) in [5.41, 5.74) is -4.50. The van der Waals surface area contributed by atoms with Crippen molar-refractivity contribution in [3.8, 4) is 0 Å². The lowest BCUT2D eigenvalue weighted by molar-refractivity contribution is -0.0978. The van der Waals surface area contributed by atoms with Gasteiger partial charge >= 0.3 is 5.51 Å². The second kappa shape index (κ2) is 5.65. The van der Waals surface area contributed by atoms with Crippen molar-refractivity contribution in [2.24, 2.45) is 5.41 Å². The van der Waals surface area contributed by atoms with E-state index in [2.05, 4.69) is 5.32 Å². The normalized spacial score (nSPS) is 17.4. The maximum Gasteiger partial charge on any atom is 0.446 e. The van der Waals surface area contributed by atoms with Crippen LogP contribution in [0.15, 0.2) is 29.2 Å². The van der Waals surface area contributed by atoms with Crippen molar-refractivity contribution in [3.05, 3.63) is 29.8 Å². The zero-order valence-electron chi connectivity index (χ0n) is 10.8. The quantitative estimate of drug-likeness (QED) is 0.869. The molecule has 20 heavy (non-hydrogen) atoms. The number of carbonyl (C=O) groups excluding carboxylic acids is 1. The summed E-state index contributed by atoms with van der Waals surface area (Å²) in [6, 6.07) is 5.71. The molecule has 2 rings (SSSR count). The lowest BCUT2D eigenvalue weighted by Gasteiger charge is -2.38. The van der Waals surface area contributed by atoms with Gasteiger partial charge in [-0.1, -0.05) is 19.1 Å². The number of alkyl halides is 3. The van der Waals surface area contributed by atoms with E-state index in [1.165, 1.54) is 18.2 Å². The van der Waals surface area contributed by atoms with E-state index < -0.39 is 11.4 Å². The molecule has 1 N–H and O–H groups in total. The minimum Gasteiger partial charge on any atom is -0.380 e. The number of nitrogens with one attached hydrogen (secondary N) is 1. The Morgan fingerprint density at radius 2 is 2.05 bits per heavy atom. The van der Waals surface area contributed by atoms with Gasteiger partial charge in [-0.3, -0.25) is 4.79 Å². The topological polar surface area (TPSA) is 38.3 Å². The maximum atomic E-state index is 12.4. The predicted molar refractivity (Wildman–Crippen MR) is 69.6 cm³/mol. The van der Waals surface area contributed by atoms with Crippen LogP contribution in [0.2, 0.25) is 0 Å². The van der Waals surface area contributed by atoms with Crippen LogP contribution in [0.5, 0.6) is 0 Å². The SMILES string of the molecule is CC1(CNC(=O)c2ccccc2SC(F)(F)F)COC1. The van der Waals surface area contributed by atoms with E-state index >= 15 is 0 Å². The second-order valence-electron chi connectivity index (χ2n) is 5.03. The van der Waals surface area contributed by atoms with Gasteiger partial charge in [0.25, 0.3) is 5.91 Å². The molecule has 0 radical (unpaired) electrons. The Morgan fingerprint density at radius 1 is 1.40 bits per heavy atom. The molecule has 1 fully saturated rings. The first-order chi connectivity index (χ1) is 9.29. The van der Waals surface area contributed by atoms with Gasteiger partial charge in [-0.05, 0) is 23.9 Å². The van der Waals surface area contributed by atoms with Gasteiger partial charge in [0.15, 0.2) is 0 Å². The zero-order chi connectivity index (χ0) is 14.8. The summed E-state index contributed by atoms with van der Waals surface area (Å²) >= 11 is -0.277. The van der Waals surface area contributed by atoms with Crippen LogP contribution in [-0.2, 0) is 4.74 Å². The molecule has 0 aromatic heterocycles. The number of amides is 1. The molecule has 1 amide bonds. The summed E-state index contributed by atoms with van der Waals surface area (Å²) in [7, 11) is 0. The molecule has 0 bridgehead atoms. The van der Waals surface area contributed by atoms with Gasteiger partial charge in [-0.15, -0.1) is 0 Å². The van der Waals surface area contributed by atoms with E-state index in [0.29, 0.717) is 19.8 Å². The van der Waals surface area contributed by atoms with Crippen LogP contribution in [0.25, 0.3) is 0 Å². The van der Waals surface area contributed by atoms with Crippen molar-refractivity contribution in [3.63, 3.8) is 0 Å². The van der Waals surface area contributed by atoms with E-state index in [1.807, 2.05) is 6.92 Å². The second-order valence-corrected chi connectivity index (χ2v) is 6.14. The molecular weight excluding hydrogens is 291 g/mol. The average Bonchev–Trinajstić information content (AvgIpc) is 2.32. The molecule has 1 aliphatic heterocycles. The van der Waals surface area contributed by atoms with E-state index in [0.717, 1.165) is 0 Å². The van der Waals surface area contributed by atoms with Crippen molar-refractivity contribution in [1.29, 1.82) is 0 Å². The number of halogens is 3. The Balaban J connectivity index is 2.05. The van der Waals surface area contributed by atoms with Crippen molar-refractivity contribution in [2.45, 2.75) is 17.3 Å². The number of rotatable bonds is 4. The minimum absolute atomic E-state index is 0.0404. The van der Waals surface area contributed by atoms with Gasteiger partial charge in [-0.2, -0.15) is 13.2 Å². The highest BCUT2D eigenvalue weighted by atomic mass is 32.2. The monoisotopic (exact) mass is 305 g/mol. The highest BCUT2D eigenvalue weighted by Gasteiger charge is 2.34. The molecule has 1 aromatic rings. The molecule has 1 saturated heterocycles. The summed E-state index contributed by atoms with van der Waals surface area (Å²) in [4.78, 5) is 11.9. The number of ether oxygens (including phenoxy) is 1. The van der Waals surface area contributed by atoms with Crippen LogP contribution in [0.1, 0.15) is 17.3 Å². The predicted octanol–water partition coefficient (Wildman–Crippen LogP) is 3.06. The Bertz CT molecular complexity index is 501. The molecule has 0 spiro atoms. The van der Waals surface area contributed by atoms with Crippen LogP contribution < -0.4 is 5.32 Å². The largest absolute Gasteiger partial charge is 0.446 e. The molecule has 3 nitrogen and oxygen atoms in total. The van der Waals surface area contributed by atoms with E-state index in [9.17, 15) is 18.0 Å². The van der Waals surface area contributed by atoms with Gasteiger partial charge in [-0.25, -0.2) is 0 Å². The Labute approximate surface area is 118 Å². The van der Waals surface area contributed by atoms with Crippen LogP contribution in [0.3, 0.4) is 0 Å². The van der Waals surface area contributed by atoms with Gasteiger partial charge in [0.2, 0.25) is 0 Å². The van der Waals surface area contributed by atoms with Crippen LogP contribution in [-0.4, -0.2) is 31.2 Å². The smallest absolute Gasteiger partial charge is 0.380 e. The van der Waals surface area contributed by atoms with Gasteiger partial charge in [0.1, 0.15) is 0 Å². The Morgan fingerprint density at radius 3 is 2.60 bits per heavy atom. The average molecular weight is 305 g/mol.